The molecule has 0 aliphatic carbocycles. The quantitative estimate of drug-likeness (QED) is 0.806. The van der Waals surface area contributed by atoms with E-state index in [0.717, 1.165) is 5.56 Å². The van der Waals surface area contributed by atoms with Crippen molar-refractivity contribution in [3.8, 4) is 11.5 Å². The van der Waals surface area contributed by atoms with Crippen LogP contribution in [0.5, 0.6) is 11.5 Å². The van der Waals surface area contributed by atoms with E-state index in [4.69, 9.17) is 15.2 Å². The molecule has 0 saturated heterocycles. The highest BCUT2D eigenvalue weighted by Crippen LogP contribution is 2.27. The number of carbonyl (C=O) groups excluding carboxylic acids is 1. The maximum Gasteiger partial charge on any atom is 0.220 e. The zero-order chi connectivity index (χ0) is 15.2. The first-order valence-corrected chi connectivity index (χ1v) is 6.64. The number of rotatable bonds is 7. The highest BCUT2D eigenvalue weighted by atomic mass is 35.5. The molecule has 1 aromatic rings. The molecule has 0 radical (unpaired) electrons. The zero-order valence-electron chi connectivity index (χ0n) is 13.1. The Hall–Kier alpha value is -1.46. The highest BCUT2D eigenvalue weighted by molar-refractivity contribution is 5.85. The number of nitrogens with one attached hydrogen (secondary N) is 1. The third-order valence-corrected chi connectivity index (χ3v) is 3.08. The topological polar surface area (TPSA) is 73.6 Å². The predicted octanol–water partition coefficient (Wildman–Crippen LogP) is 1.91. The fourth-order valence-electron chi connectivity index (χ4n) is 1.78. The SMILES string of the molecule is COc1ccc(CCC(=O)NC(C)(C)CN)cc1OC.Cl. The Bertz CT molecular complexity index is 464. The molecule has 0 aliphatic heterocycles. The Labute approximate surface area is 132 Å². The van der Waals surface area contributed by atoms with Crippen molar-refractivity contribution in [2.75, 3.05) is 20.8 Å². The van der Waals surface area contributed by atoms with Crippen LogP contribution in [0.2, 0.25) is 0 Å². The first kappa shape index (κ1) is 19.5. The fraction of sp³-hybridized carbons (Fsp3) is 0.533. The van der Waals surface area contributed by atoms with Crippen molar-refractivity contribution in [1.82, 2.24) is 5.32 Å². The van der Waals surface area contributed by atoms with Gasteiger partial charge in [0.2, 0.25) is 5.91 Å². The summed E-state index contributed by atoms with van der Waals surface area (Å²) in [4.78, 5) is 11.8. The molecule has 0 saturated carbocycles. The second kappa shape index (κ2) is 8.74. The van der Waals surface area contributed by atoms with Gasteiger partial charge < -0.3 is 20.5 Å². The van der Waals surface area contributed by atoms with Crippen molar-refractivity contribution in [1.29, 1.82) is 0 Å². The number of methoxy groups -OCH3 is 2. The summed E-state index contributed by atoms with van der Waals surface area (Å²) in [5.74, 6) is 1.35. The van der Waals surface area contributed by atoms with Crippen LogP contribution in [-0.2, 0) is 11.2 Å². The minimum absolute atomic E-state index is 0. The minimum Gasteiger partial charge on any atom is -0.493 e. The second-order valence-electron chi connectivity index (χ2n) is 5.33. The predicted molar refractivity (Wildman–Crippen MR) is 86.4 cm³/mol. The maximum atomic E-state index is 11.8. The summed E-state index contributed by atoms with van der Waals surface area (Å²) in [7, 11) is 3.19. The summed E-state index contributed by atoms with van der Waals surface area (Å²) < 4.78 is 10.4. The fourth-order valence-corrected chi connectivity index (χ4v) is 1.78. The van der Waals surface area contributed by atoms with E-state index in [1.54, 1.807) is 14.2 Å². The van der Waals surface area contributed by atoms with Gasteiger partial charge in [-0.15, -0.1) is 12.4 Å². The molecular weight excluding hydrogens is 292 g/mol. The smallest absolute Gasteiger partial charge is 0.220 e. The molecule has 0 spiro atoms. The average Bonchev–Trinajstić information content (AvgIpc) is 2.44. The Balaban J connectivity index is 0.00000400. The van der Waals surface area contributed by atoms with E-state index in [1.165, 1.54) is 0 Å². The maximum absolute atomic E-state index is 11.8. The van der Waals surface area contributed by atoms with Crippen LogP contribution in [0.1, 0.15) is 25.8 Å². The van der Waals surface area contributed by atoms with E-state index in [-0.39, 0.29) is 23.9 Å². The number of ether oxygens (including phenoxy) is 2. The average molecular weight is 317 g/mol. The van der Waals surface area contributed by atoms with Crippen molar-refractivity contribution in [2.45, 2.75) is 32.2 Å². The van der Waals surface area contributed by atoms with Gasteiger partial charge in [-0.2, -0.15) is 0 Å². The molecule has 0 aliphatic rings. The van der Waals surface area contributed by atoms with Gasteiger partial charge in [0.05, 0.1) is 14.2 Å². The molecule has 0 aromatic heterocycles. The van der Waals surface area contributed by atoms with Gasteiger partial charge in [0, 0.05) is 18.5 Å². The van der Waals surface area contributed by atoms with Gasteiger partial charge in [-0.1, -0.05) is 6.07 Å². The second-order valence-corrected chi connectivity index (χ2v) is 5.33. The Kier molecular flexibility index (Phi) is 8.14. The van der Waals surface area contributed by atoms with Crippen molar-refractivity contribution in [3.05, 3.63) is 23.8 Å². The summed E-state index contributed by atoms with van der Waals surface area (Å²) in [5.41, 5.74) is 6.25. The monoisotopic (exact) mass is 316 g/mol. The number of nitrogens with two attached hydrogens (primary N) is 1. The lowest BCUT2D eigenvalue weighted by Crippen LogP contribution is -2.48. The van der Waals surface area contributed by atoms with E-state index in [1.807, 2.05) is 32.0 Å². The van der Waals surface area contributed by atoms with Crippen LogP contribution >= 0.6 is 12.4 Å². The van der Waals surface area contributed by atoms with E-state index in [2.05, 4.69) is 5.32 Å². The van der Waals surface area contributed by atoms with E-state index in [9.17, 15) is 4.79 Å². The molecule has 0 fully saturated rings. The van der Waals surface area contributed by atoms with Crippen LogP contribution in [0.25, 0.3) is 0 Å². The summed E-state index contributed by atoms with van der Waals surface area (Å²) in [5, 5.41) is 2.91. The normalized spacial score (nSPS) is 10.5. The third kappa shape index (κ3) is 6.23. The molecule has 6 heteroatoms. The van der Waals surface area contributed by atoms with E-state index >= 15 is 0 Å². The highest BCUT2D eigenvalue weighted by Gasteiger charge is 2.17. The van der Waals surface area contributed by atoms with Crippen molar-refractivity contribution < 1.29 is 14.3 Å². The first-order chi connectivity index (χ1) is 9.41. The van der Waals surface area contributed by atoms with Crippen LogP contribution < -0.4 is 20.5 Å². The lowest BCUT2D eigenvalue weighted by atomic mass is 10.0. The molecule has 1 amide bonds. The molecule has 0 unspecified atom stereocenters. The number of amides is 1. The number of carbonyl (C=O) groups is 1. The van der Waals surface area contributed by atoms with Crippen LogP contribution in [-0.4, -0.2) is 32.2 Å². The zero-order valence-corrected chi connectivity index (χ0v) is 13.9. The number of halogens is 1. The summed E-state index contributed by atoms with van der Waals surface area (Å²) in [6.45, 7) is 4.22. The van der Waals surface area contributed by atoms with Crippen LogP contribution in [0, 0.1) is 0 Å². The molecule has 0 atom stereocenters. The Morgan fingerprint density at radius 2 is 1.86 bits per heavy atom. The number of hydrogen-bond acceptors (Lipinski definition) is 4. The standard InChI is InChI=1S/C15H24N2O3.ClH/c1-15(2,10-16)17-14(18)8-6-11-5-7-12(19-3)13(9-11)20-4;/h5,7,9H,6,8,10,16H2,1-4H3,(H,17,18);1H. The summed E-state index contributed by atoms with van der Waals surface area (Å²) >= 11 is 0. The molecule has 3 N–H and O–H groups in total. The van der Waals surface area contributed by atoms with E-state index in [0.29, 0.717) is 30.9 Å². The molecule has 120 valence electrons. The number of hydrogen-bond donors (Lipinski definition) is 2. The van der Waals surface area contributed by atoms with Gasteiger partial charge in [0.25, 0.3) is 0 Å². The number of benzene rings is 1. The van der Waals surface area contributed by atoms with Gasteiger partial charge >= 0.3 is 0 Å². The van der Waals surface area contributed by atoms with Gasteiger partial charge in [-0.25, -0.2) is 0 Å². The van der Waals surface area contributed by atoms with Crippen LogP contribution in [0.4, 0.5) is 0 Å². The molecule has 21 heavy (non-hydrogen) atoms. The van der Waals surface area contributed by atoms with Crippen LogP contribution in [0.3, 0.4) is 0 Å². The summed E-state index contributed by atoms with van der Waals surface area (Å²) in [6, 6.07) is 5.67. The minimum atomic E-state index is -0.366. The lowest BCUT2D eigenvalue weighted by Gasteiger charge is -2.24. The molecule has 0 bridgehead atoms. The van der Waals surface area contributed by atoms with Crippen molar-refractivity contribution in [2.24, 2.45) is 5.73 Å². The van der Waals surface area contributed by atoms with E-state index < -0.39 is 0 Å². The molecule has 5 nitrogen and oxygen atoms in total. The van der Waals surface area contributed by atoms with Gasteiger partial charge in [0.15, 0.2) is 11.5 Å². The molecule has 1 aromatic carbocycles. The lowest BCUT2D eigenvalue weighted by molar-refractivity contribution is -0.122. The van der Waals surface area contributed by atoms with Crippen LogP contribution in [0.15, 0.2) is 18.2 Å². The third-order valence-electron chi connectivity index (χ3n) is 3.08. The Morgan fingerprint density at radius 3 is 2.38 bits per heavy atom. The largest absolute Gasteiger partial charge is 0.493 e. The van der Waals surface area contributed by atoms with Crippen molar-refractivity contribution >= 4 is 18.3 Å². The number of aryl methyl sites for hydroxylation is 1. The molecule has 1 rings (SSSR count). The first-order valence-electron chi connectivity index (χ1n) is 6.64. The van der Waals surface area contributed by atoms with Gasteiger partial charge in [-0.05, 0) is 38.0 Å². The molecule has 0 heterocycles. The van der Waals surface area contributed by atoms with Gasteiger partial charge in [-0.3, -0.25) is 4.79 Å². The van der Waals surface area contributed by atoms with Crippen molar-refractivity contribution in [3.63, 3.8) is 0 Å². The molecular formula is C15H25ClN2O3. The Morgan fingerprint density at radius 1 is 1.24 bits per heavy atom. The van der Waals surface area contributed by atoms with Gasteiger partial charge in [0.1, 0.15) is 0 Å². The summed E-state index contributed by atoms with van der Waals surface area (Å²) in [6.07, 6.45) is 1.06.